The van der Waals surface area contributed by atoms with Crippen LogP contribution in [0.15, 0.2) is 36.4 Å². The van der Waals surface area contributed by atoms with E-state index < -0.39 is 0 Å². The Balaban J connectivity index is 2.14. The number of nitrogens with one attached hydrogen (secondary N) is 1. The molecule has 0 saturated heterocycles. The van der Waals surface area contributed by atoms with Crippen LogP contribution in [0.2, 0.25) is 0 Å². The molecule has 0 spiro atoms. The quantitative estimate of drug-likeness (QED) is 0.946. The largest absolute Gasteiger partial charge is 0.493 e. The second kappa shape index (κ2) is 5.67. The van der Waals surface area contributed by atoms with E-state index in [1.807, 2.05) is 12.1 Å². The summed E-state index contributed by atoms with van der Waals surface area (Å²) in [6, 6.07) is 9.90. The van der Waals surface area contributed by atoms with E-state index in [-0.39, 0.29) is 24.1 Å². The predicted molar refractivity (Wildman–Crippen MR) is 81.0 cm³/mol. The summed E-state index contributed by atoms with van der Waals surface area (Å²) in [5.74, 6) is 0.499. The average molecular weight is 301 g/mol. The number of methoxy groups -OCH3 is 2. The third kappa shape index (κ3) is 2.50. The fourth-order valence-electron chi connectivity index (χ4n) is 2.81. The van der Waals surface area contributed by atoms with Crippen LogP contribution in [0.1, 0.15) is 23.5 Å². The van der Waals surface area contributed by atoms with Gasteiger partial charge in [-0.05, 0) is 29.3 Å². The van der Waals surface area contributed by atoms with E-state index in [9.17, 15) is 9.18 Å². The van der Waals surface area contributed by atoms with E-state index in [0.29, 0.717) is 17.2 Å². The van der Waals surface area contributed by atoms with Crippen LogP contribution in [0.4, 0.5) is 10.1 Å². The minimum Gasteiger partial charge on any atom is -0.493 e. The monoisotopic (exact) mass is 301 g/mol. The van der Waals surface area contributed by atoms with Crippen LogP contribution in [-0.2, 0) is 4.79 Å². The maximum absolute atomic E-state index is 13.5. The number of anilines is 1. The molecule has 2 aromatic rings. The molecule has 0 fully saturated rings. The Morgan fingerprint density at radius 1 is 1.14 bits per heavy atom. The Labute approximate surface area is 127 Å². The van der Waals surface area contributed by atoms with Crippen molar-refractivity contribution in [3.63, 3.8) is 0 Å². The zero-order chi connectivity index (χ0) is 15.7. The van der Waals surface area contributed by atoms with E-state index in [0.717, 1.165) is 11.1 Å². The van der Waals surface area contributed by atoms with Gasteiger partial charge in [-0.3, -0.25) is 4.79 Å². The van der Waals surface area contributed by atoms with E-state index >= 15 is 0 Å². The van der Waals surface area contributed by atoms with Crippen molar-refractivity contribution < 1.29 is 18.7 Å². The number of carbonyl (C=O) groups excluding carboxylic acids is 1. The number of halogens is 1. The van der Waals surface area contributed by atoms with Gasteiger partial charge in [-0.1, -0.05) is 12.1 Å². The molecule has 1 amide bonds. The topological polar surface area (TPSA) is 47.6 Å². The Hall–Kier alpha value is -2.56. The Morgan fingerprint density at radius 2 is 1.86 bits per heavy atom. The Bertz CT molecular complexity index is 730. The van der Waals surface area contributed by atoms with Crippen LogP contribution in [0, 0.1) is 5.82 Å². The van der Waals surface area contributed by atoms with Crippen molar-refractivity contribution in [1.82, 2.24) is 0 Å². The van der Waals surface area contributed by atoms with Crippen molar-refractivity contribution in [3.05, 3.63) is 53.3 Å². The molecule has 0 aliphatic carbocycles. The van der Waals surface area contributed by atoms with Gasteiger partial charge in [0.15, 0.2) is 11.5 Å². The molecule has 0 aromatic heterocycles. The summed E-state index contributed by atoms with van der Waals surface area (Å²) in [7, 11) is 3.10. The van der Waals surface area contributed by atoms with Gasteiger partial charge in [0, 0.05) is 24.1 Å². The van der Waals surface area contributed by atoms with E-state index in [2.05, 4.69) is 5.32 Å². The first-order chi connectivity index (χ1) is 10.6. The number of carbonyl (C=O) groups is 1. The highest BCUT2D eigenvalue weighted by Gasteiger charge is 2.28. The molecule has 1 heterocycles. The van der Waals surface area contributed by atoms with Gasteiger partial charge in [0.2, 0.25) is 5.91 Å². The minimum absolute atomic E-state index is 0.103. The highest BCUT2D eigenvalue weighted by Crippen LogP contribution is 2.42. The lowest BCUT2D eigenvalue weighted by Gasteiger charge is -2.27. The first-order valence-electron chi connectivity index (χ1n) is 6.93. The molecule has 0 radical (unpaired) electrons. The van der Waals surface area contributed by atoms with Crippen molar-refractivity contribution in [2.45, 2.75) is 12.3 Å². The van der Waals surface area contributed by atoms with Crippen LogP contribution >= 0.6 is 0 Å². The number of rotatable bonds is 3. The van der Waals surface area contributed by atoms with Gasteiger partial charge in [-0.25, -0.2) is 4.39 Å². The normalized spacial score (nSPS) is 16.7. The second-order valence-electron chi connectivity index (χ2n) is 5.15. The summed E-state index contributed by atoms with van der Waals surface area (Å²) in [4.78, 5) is 12.0. The SMILES string of the molecule is COc1cc2c(cc1OC)[C@@H](c1cccc(F)c1)CC(=O)N2. The fourth-order valence-corrected chi connectivity index (χ4v) is 2.81. The lowest BCUT2D eigenvalue weighted by Crippen LogP contribution is -2.23. The van der Waals surface area contributed by atoms with Crippen LogP contribution in [0.25, 0.3) is 0 Å². The van der Waals surface area contributed by atoms with Gasteiger partial charge in [0.25, 0.3) is 0 Å². The molecule has 1 N–H and O–H groups in total. The second-order valence-corrected chi connectivity index (χ2v) is 5.15. The highest BCUT2D eigenvalue weighted by molar-refractivity contribution is 5.96. The van der Waals surface area contributed by atoms with Gasteiger partial charge in [-0.15, -0.1) is 0 Å². The van der Waals surface area contributed by atoms with Crippen LogP contribution in [-0.4, -0.2) is 20.1 Å². The average Bonchev–Trinajstić information content (AvgIpc) is 2.52. The molecule has 5 heteroatoms. The molecule has 114 valence electrons. The van der Waals surface area contributed by atoms with Crippen molar-refractivity contribution in [2.24, 2.45) is 0 Å². The van der Waals surface area contributed by atoms with Gasteiger partial charge >= 0.3 is 0 Å². The van der Waals surface area contributed by atoms with Crippen molar-refractivity contribution in [2.75, 3.05) is 19.5 Å². The fraction of sp³-hybridized carbons (Fsp3) is 0.235. The number of amides is 1. The molecule has 1 aliphatic rings. The van der Waals surface area contributed by atoms with Gasteiger partial charge in [0.1, 0.15) is 5.82 Å². The van der Waals surface area contributed by atoms with Crippen LogP contribution in [0.5, 0.6) is 11.5 Å². The van der Waals surface area contributed by atoms with Gasteiger partial charge in [-0.2, -0.15) is 0 Å². The number of ether oxygens (including phenoxy) is 2. The maximum atomic E-state index is 13.5. The molecule has 0 unspecified atom stereocenters. The van der Waals surface area contributed by atoms with Crippen molar-refractivity contribution in [3.8, 4) is 11.5 Å². The Morgan fingerprint density at radius 3 is 2.55 bits per heavy atom. The highest BCUT2D eigenvalue weighted by atomic mass is 19.1. The summed E-state index contributed by atoms with van der Waals surface area (Å²) < 4.78 is 24.1. The lowest BCUT2D eigenvalue weighted by molar-refractivity contribution is -0.116. The summed E-state index contributed by atoms with van der Waals surface area (Å²) in [6.45, 7) is 0. The summed E-state index contributed by atoms with van der Waals surface area (Å²) >= 11 is 0. The molecule has 0 bridgehead atoms. The van der Waals surface area contributed by atoms with E-state index in [1.165, 1.54) is 12.1 Å². The van der Waals surface area contributed by atoms with Crippen LogP contribution < -0.4 is 14.8 Å². The first kappa shape index (κ1) is 14.4. The van der Waals surface area contributed by atoms with Crippen molar-refractivity contribution >= 4 is 11.6 Å². The lowest BCUT2D eigenvalue weighted by atomic mass is 9.84. The molecule has 1 atom stereocenters. The first-order valence-corrected chi connectivity index (χ1v) is 6.93. The molecule has 0 saturated carbocycles. The number of hydrogen-bond acceptors (Lipinski definition) is 3. The molecule has 4 nitrogen and oxygen atoms in total. The third-order valence-electron chi connectivity index (χ3n) is 3.85. The zero-order valence-corrected chi connectivity index (χ0v) is 12.4. The zero-order valence-electron chi connectivity index (χ0n) is 12.4. The molecule has 1 aliphatic heterocycles. The van der Waals surface area contributed by atoms with Crippen LogP contribution in [0.3, 0.4) is 0 Å². The molecular weight excluding hydrogens is 285 g/mol. The maximum Gasteiger partial charge on any atom is 0.225 e. The number of hydrogen-bond donors (Lipinski definition) is 1. The standard InChI is InChI=1S/C17H16FNO3/c1-21-15-7-13-12(10-4-3-5-11(18)6-10)8-17(20)19-14(13)9-16(15)22-2/h3-7,9,12H,8H2,1-2H3,(H,19,20)/t12-/m1/s1. The minimum atomic E-state index is -0.314. The summed E-state index contributed by atoms with van der Waals surface area (Å²) in [6.07, 6.45) is 0.270. The summed E-state index contributed by atoms with van der Waals surface area (Å²) in [5, 5.41) is 2.83. The van der Waals surface area contributed by atoms with Gasteiger partial charge in [0.05, 0.1) is 14.2 Å². The molecular formula is C17H16FNO3. The predicted octanol–water partition coefficient (Wildman–Crippen LogP) is 3.32. The van der Waals surface area contributed by atoms with E-state index in [1.54, 1.807) is 26.4 Å². The number of benzene rings is 2. The van der Waals surface area contributed by atoms with E-state index in [4.69, 9.17) is 9.47 Å². The summed E-state index contributed by atoms with van der Waals surface area (Å²) in [5.41, 5.74) is 2.33. The van der Waals surface area contributed by atoms with Crippen molar-refractivity contribution in [1.29, 1.82) is 0 Å². The molecule has 3 rings (SSSR count). The molecule has 22 heavy (non-hydrogen) atoms. The smallest absolute Gasteiger partial charge is 0.225 e. The van der Waals surface area contributed by atoms with Gasteiger partial charge < -0.3 is 14.8 Å². The Kier molecular flexibility index (Phi) is 3.71. The number of fused-ring (bicyclic) bond motifs is 1. The molecule has 2 aromatic carbocycles. The third-order valence-corrected chi connectivity index (χ3v) is 3.85.